The Morgan fingerprint density at radius 2 is 1.90 bits per heavy atom. The molecule has 5 rings (SSSR count). The summed E-state index contributed by atoms with van der Waals surface area (Å²) in [4.78, 5) is 17.3. The van der Waals surface area contributed by atoms with Crippen LogP contribution in [0.5, 0.6) is 17.2 Å². The molecule has 7 nitrogen and oxygen atoms in total. The lowest BCUT2D eigenvalue weighted by atomic mass is 9.99. The second-order valence-electron chi connectivity index (χ2n) is 7.39. The third-order valence-electron chi connectivity index (χ3n) is 5.36. The van der Waals surface area contributed by atoms with Crippen LogP contribution in [0.25, 0.3) is 28.2 Å². The number of aliphatic hydroxyl groups is 1. The predicted molar refractivity (Wildman–Crippen MR) is 115 cm³/mol. The number of ketones is 1. The summed E-state index contributed by atoms with van der Waals surface area (Å²) in [7, 11) is 1.87. The Morgan fingerprint density at radius 3 is 2.65 bits per heavy atom. The first-order chi connectivity index (χ1) is 15.0. The van der Waals surface area contributed by atoms with Crippen LogP contribution in [0.2, 0.25) is 0 Å². The molecule has 0 fully saturated rings. The molecule has 3 N–H and O–H groups in total. The third kappa shape index (κ3) is 3.03. The van der Waals surface area contributed by atoms with Crippen molar-refractivity contribution < 1.29 is 24.9 Å². The number of rotatable bonds is 3. The molecule has 0 amide bonds. The van der Waals surface area contributed by atoms with Crippen LogP contribution >= 0.6 is 0 Å². The molecular formula is C24H18N2O5. The number of aromatic hydroxyl groups is 2. The lowest BCUT2D eigenvalue weighted by molar-refractivity contribution is 0.101. The van der Waals surface area contributed by atoms with E-state index in [4.69, 9.17) is 4.74 Å². The lowest BCUT2D eigenvalue weighted by Crippen LogP contribution is -1.98. The SMILES string of the molecule is Cn1cc(/C=C2\Oc3cc(O)cc(O)c3C2=O)c2c(-c3ccc(CO)cc3)ccnc21. The Kier molecular flexibility index (Phi) is 4.27. The van der Waals surface area contributed by atoms with E-state index in [1.165, 1.54) is 6.07 Å². The average molecular weight is 414 g/mol. The molecule has 31 heavy (non-hydrogen) atoms. The van der Waals surface area contributed by atoms with Gasteiger partial charge in [0, 0.05) is 42.5 Å². The maximum absolute atomic E-state index is 12.8. The highest BCUT2D eigenvalue weighted by molar-refractivity contribution is 6.17. The van der Waals surface area contributed by atoms with Crippen molar-refractivity contribution in [2.75, 3.05) is 0 Å². The zero-order valence-corrected chi connectivity index (χ0v) is 16.5. The molecule has 0 aliphatic carbocycles. The number of carbonyl (C=O) groups excluding carboxylic acids is 1. The highest BCUT2D eigenvalue weighted by atomic mass is 16.5. The molecule has 3 heterocycles. The molecule has 0 radical (unpaired) electrons. The van der Waals surface area contributed by atoms with Crippen molar-refractivity contribution in [1.82, 2.24) is 9.55 Å². The average Bonchev–Trinajstić information content (AvgIpc) is 3.25. The Morgan fingerprint density at radius 1 is 1.13 bits per heavy atom. The minimum absolute atomic E-state index is 0.0298. The first-order valence-corrected chi connectivity index (χ1v) is 9.60. The van der Waals surface area contributed by atoms with Gasteiger partial charge in [0.15, 0.2) is 5.76 Å². The highest BCUT2D eigenvalue weighted by Gasteiger charge is 2.31. The third-order valence-corrected chi connectivity index (χ3v) is 5.36. The lowest BCUT2D eigenvalue weighted by Gasteiger charge is -2.06. The van der Waals surface area contributed by atoms with Crippen LogP contribution in [0.15, 0.2) is 60.6 Å². The van der Waals surface area contributed by atoms with Gasteiger partial charge in [0.25, 0.3) is 0 Å². The van der Waals surface area contributed by atoms with Crippen molar-refractivity contribution in [3.63, 3.8) is 0 Å². The normalized spacial score (nSPS) is 14.3. The van der Waals surface area contributed by atoms with Gasteiger partial charge in [-0.3, -0.25) is 4.79 Å². The second-order valence-corrected chi connectivity index (χ2v) is 7.39. The minimum Gasteiger partial charge on any atom is -0.508 e. The molecule has 2 aromatic carbocycles. The second kappa shape index (κ2) is 7.00. The molecule has 1 aliphatic rings. The minimum atomic E-state index is -0.456. The van der Waals surface area contributed by atoms with Gasteiger partial charge in [0.05, 0.1) is 6.61 Å². The van der Waals surface area contributed by atoms with E-state index in [0.29, 0.717) is 0 Å². The summed E-state index contributed by atoms with van der Waals surface area (Å²) in [6.45, 7) is -0.0306. The van der Waals surface area contributed by atoms with Gasteiger partial charge >= 0.3 is 0 Å². The molecule has 0 spiro atoms. The van der Waals surface area contributed by atoms with Gasteiger partial charge in [0.1, 0.15) is 28.5 Å². The number of aliphatic hydroxyl groups excluding tert-OH is 1. The summed E-state index contributed by atoms with van der Waals surface area (Å²) in [5, 5.41) is 29.9. The molecule has 0 bridgehead atoms. The number of benzene rings is 2. The topological polar surface area (TPSA) is 105 Å². The maximum atomic E-state index is 12.8. The number of fused-ring (bicyclic) bond motifs is 2. The van der Waals surface area contributed by atoms with E-state index in [9.17, 15) is 20.1 Å². The van der Waals surface area contributed by atoms with E-state index < -0.39 is 5.78 Å². The standard InChI is InChI=1S/C24H18N2O5/c1-26-11-15(8-20-23(30)22-18(29)9-16(28)10-19(22)31-20)21-17(6-7-25-24(21)26)14-4-2-13(12-27)3-5-14/h2-11,27-29H,12H2,1H3/b20-8-. The predicted octanol–water partition coefficient (Wildman–Crippen LogP) is 3.76. The molecule has 0 unspecified atom stereocenters. The largest absolute Gasteiger partial charge is 0.508 e. The summed E-state index contributed by atoms with van der Waals surface area (Å²) < 4.78 is 7.52. The molecule has 0 atom stereocenters. The molecule has 0 saturated carbocycles. The van der Waals surface area contributed by atoms with Crippen molar-refractivity contribution in [1.29, 1.82) is 0 Å². The Hall–Kier alpha value is -4.10. The number of aryl methyl sites for hydroxylation is 1. The number of carbonyl (C=O) groups is 1. The van der Waals surface area contributed by atoms with Crippen molar-refractivity contribution in [2.45, 2.75) is 6.61 Å². The molecule has 1 aliphatic heterocycles. The summed E-state index contributed by atoms with van der Waals surface area (Å²) in [6, 6.07) is 11.9. The van der Waals surface area contributed by atoms with Crippen LogP contribution in [0.3, 0.4) is 0 Å². The van der Waals surface area contributed by atoms with Crippen molar-refractivity contribution >= 4 is 22.9 Å². The number of ether oxygens (including phenoxy) is 1. The number of allylic oxidation sites excluding steroid dienone is 1. The van der Waals surface area contributed by atoms with Crippen LogP contribution < -0.4 is 4.74 Å². The first kappa shape index (κ1) is 18.9. The zero-order valence-electron chi connectivity index (χ0n) is 16.5. The summed E-state index contributed by atoms with van der Waals surface area (Å²) in [6.07, 6.45) is 5.20. The maximum Gasteiger partial charge on any atom is 0.235 e. The molecule has 154 valence electrons. The van der Waals surface area contributed by atoms with Crippen molar-refractivity contribution in [3.05, 3.63) is 77.3 Å². The van der Waals surface area contributed by atoms with Gasteiger partial charge in [-0.05, 0) is 28.8 Å². The fourth-order valence-electron chi connectivity index (χ4n) is 3.90. The van der Waals surface area contributed by atoms with Gasteiger partial charge < -0.3 is 24.6 Å². The highest BCUT2D eigenvalue weighted by Crippen LogP contribution is 2.41. The number of aromatic nitrogens is 2. The summed E-state index contributed by atoms with van der Waals surface area (Å²) in [5.41, 5.74) is 4.17. The van der Waals surface area contributed by atoms with E-state index in [1.54, 1.807) is 12.3 Å². The molecule has 0 saturated heterocycles. The van der Waals surface area contributed by atoms with Crippen molar-refractivity contribution in [3.8, 4) is 28.4 Å². The molecule has 2 aromatic heterocycles. The van der Waals surface area contributed by atoms with Crippen LogP contribution in [0.4, 0.5) is 0 Å². The van der Waals surface area contributed by atoms with E-state index >= 15 is 0 Å². The fourth-order valence-corrected chi connectivity index (χ4v) is 3.90. The quantitative estimate of drug-likeness (QED) is 0.441. The Labute approximate surface area is 177 Å². The van der Waals surface area contributed by atoms with Gasteiger partial charge in [-0.25, -0.2) is 4.98 Å². The van der Waals surface area contributed by atoms with E-state index in [0.717, 1.165) is 39.4 Å². The van der Waals surface area contributed by atoms with Gasteiger partial charge in [-0.1, -0.05) is 24.3 Å². The summed E-state index contributed by atoms with van der Waals surface area (Å²) in [5.74, 6) is -0.802. The summed E-state index contributed by atoms with van der Waals surface area (Å²) >= 11 is 0. The number of nitrogens with zero attached hydrogens (tertiary/aromatic N) is 2. The molecular weight excluding hydrogens is 396 g/mol. The number of pyridine rings is 1. The van der Waals surface area contributed by atoms with Gasteiger partial charge in [-0.2, -0.15) is 0 Å². The zero-order chi connectivity index (χ0) is 21.7. The number of Topliss-reactive ketones (excluding diaryl/α,β-unsaturated/α-hetero) is 1. The van der Waals surface area contributed by atoms with E-state index in [2.05, 4.69) is 4.98 Å². The molecule has 4 aromatic rings. The van der Waals surface area contributed by atoms with Crippen LogP contribution in [0, 0.1) is 0 Å². The number of phenols is 2. The Bertz CT molecular complexity index is 1380. The van der Waals surface area contributed by atoms with Crippen LogP contribution in [-0.4, -0.2) is 30.7 Å². The fraction of sp³-hybridized carbons (Fsp3) is 0.0833. The number of phenolic OH excluding ortho intramolecular Hbond substituents is 2. The van der Waals surface area contributed by atoms with Crippen molar-refractivity contribution in [2.24, 2.45) is 7.05 Å². The van der Waals surface area contributed by atoms with Gasteiger partial charge in [-0.15, -0.1) is 0 Å². The van der Waals surface area contributed by atoms with E-state index in [1.807, 2.05) is 48.1 Å². The Balaban J connectivity index is 1.66. The van der Waals surface area contributed by atoms with Gasteiger partial charge in [0.2, 0.25) is 5.78 Å². The van der Waals surface area contributed by atoms with E-state index in [-0.39, 0.29) is 35.2 Å². The van der Waals surface area contributed by atoms with Crippen LogP contribution in [-0.2, 0) is 13.7 Å². The molecule has 7 heteroatoms. The monoisotopic (exact) mass is 414 g/mol. The number of hydrogen-bond acceptors (Lipinski definition) is 6. The number of hydrogen-bond donors (Lipinski definition) is 3. The first-order valence-electron chi connectivity index (χ1n) is 9.60. The van der Waals surface area contributed by atoms with Crippen LogP contribution in [0.1, 0.15) is 21.5 Å². The smallest absolute Gasteiger partial charge is 0.235 e.